The Morgan fingerprint density at radius 3 is 2.59 bits per heavy atom. The van der Waals surface area contributed by atoms with Crippen molar-refractivity contribution in [3.8, 4) is 5.75 Å². The van der Waals surface area contributed by atoms with Crippen LogP contribution in [-0.4, -0.2) is 65.4 Å². The number of carbonyl (C=O) groups is 1. The molecule has 1 atom stereocenters. The molecule has 0 aliphatic carbocycles. The second kappa shape index (κ2) is 9.22. The molecule has 34 heavy (non-hydrogen) atoms. The summed E-state index contributed by atoms with van der Waals surface area (Å²) in [6.07, 6.45) is 0.987. The summed E-state index contributed by atoms with van der Waals surface area (Å²) in [5.41, 5.74) is 1.71. The minimum Gasteiger partial charge on any atom is -0.496 e. The number of carbonyl (C=O) groups excluding carboxylic acids is 1. The maximum atomic E-state index is 13.7. The van der Waals surface area contributed by atoms with Crippen LogP contribution in [0, 0.1) is 5.92 Å². The number of hydrogen-bond acceptors (Lipinski definition) is 6. The van der Waals surface area contributed by atoms with Gasteiger partial charge in [0, 0.05) is 19.1 Å². The summed E-state index contributed by atoms with van der Waals surface area (Å²) in [6.45, 7) is 4.59. The fourth-order valence-electron chi connectivity index (χ4n) is 4.67. The molecule has 0 radical (unpaired) electrons. The van der Waals surface area contributed by atoms with E-state index in [1.165, 1.54) is 29.6 Å². The van der Waals surface area contributed by atoms with E-state index >= 15 is 0 Å². The molecule has 0 aromatic heterocycles. The van der Waals surface area contributed by atoms with Crippen molar-refractivity contribution in [1.29, 1.82) is 0 Å². The number of anilines is 1. The van der Waals surface area contributed by atoms with E-state index in [0.717, 1.165) is 5.56 Å². The Balaban J connectivity index is 1.73. The van der Waals surface area contributed by atoms with Gasteiger partial charge >= 0.3 is 0 Å². The van der Waals surface area contributed by atoms with Crippen LogP contribution >= 0.6 is 0 Å². The summed E-state index contributed by atoms with van der Waals surface area (Å²) in [7, 11) is -5.69. The monoisotopic (exact) mass is 506 g/mol. The molecule has 8 nitrogen and oxygen atoms in total. The molecule has 2 heterocycles. The molecular formula is C24H30N2O6S2. The lowest BCUT2D eigenvalue weighted by Crippen LogP contribution is -2.43. The van der Waals surface area contributed by atoms with Crippen LogP contribution in [0.4, 0.5) is 5.69 Å². The molecule has 0 unspecified atom stereocenters. The van der Waals surface area contributed by atoms with Gasteiger partial charge in [0.25, 0.3) is 15.9 Å². The minimum atomic E-state index is -3.91. The molecule has 2 aromatic rings. The van der Waals surface area contributed by atoms with Gasteiger partial charge in [0.1, 0.15) is 5.75 Å². The highest BCUT2D eigenvalue weighted by Gasteiger charge is 2.37. The van der Waals surface area contributed by atoms with Gasteiger partial charge in [0.05, 0.1) is 34.8 Å². The molecule has 0 spiro atoms. The van der Waals surface area contributed by atoms with Crippen molar-refractivity contribution in [2.45, 2.75) is 37.6 Å². The third-order valence-corrected chi connectivity index (χ3v) is 9.87. The molecule has 1 amide bonds. The van der Waals surface area contributed by atoms with E-state index in [4.69, 9.17) is 4.74 Å². The summed E-state index contributed by atoms with van der Waals surface area (Å²) < 4.78 is 58.1. The Hall–Kier alpha value is -2.59. The van der Waals surface area contributed by atoms with E-state index in [9.17, 15) is 21.6 Å². The fraction of sp³-hybridized carbons (Fsp3) is 0.458. The number of rotatable bonds is 7. The number of sulfone groups is 1. The van der Waals surface area contributed by atoms with E-state index in [1.54, 1.807) is 17.0 Å². The van der Waals surface area contributed by atoms with Gasteiger partial charge in [0.2, 0.25) is 0 Å². The van der Waals surface area contributed by atoms with E-state index in [2.05, 4.69) is 0 Å². The van der Waals surface area contributed by atoms with Crippen molar-refractivity contribution in [3.05, 3.63) is 53.6 Å². The standard InChI is InChI=1S/C24H30N2O6S2/c1-17(2)15-25(19-11-13-33(28,29)16-19)24(27)21-14-20(8-9-23(21)32-3)34(30,31)26-12-10-18-6-4-5-7-22(18)26/h4-9,14,17,19H,10-13,15-16H2,1-3H3/t19-/m0/s1. The number of para-hydroxylation sites is 1. The molecule has 2 aromatic carbocycles. The predicted molar refractivity (Wildman–Crippen MR) is 131 cm³/mol. The molecular weight excluding hydrogens is 476 g/mol. The summed E-state index contributed by atoms with van der Waals surface area (Å²) in [6, 6.07) is 11.2. The lowest BCUT2D eigenvalue weighted by Gasteiger charge is -2.30. The van der Waals surface area contributed by atoms with Gasteiger partial charge in [-0.3, -0.25) is 9.10 Å². The maximum absolute atomic E-state index is 13.7. The number of sulfonamides is 1. The Kier molecular flexibility index (Phi) is 6.65. The normalized spacial score (nSPS) is 19.3. The first-order chi connectivity index (χ1) is 16.0. The molecule has 2 aliphatic rings. The van der Waals surface area contributed by atoms with Crippen molar-refractivity contribution >= 4 is 31.5 Å². The van der Waals surface area contributed by atoms with Gasteiger partial charge < -0.3 is 9.64 Å². The summed E-state index contributed by atoms with van der Waals surface area (Å²) >= 11 is 0. The smallest absolute Gasteiger partial charge is 0.264 e. The molecule has 2 aliphatic heterocycles. The van der Waals surface area contributed by atoms with Gasteiger partial charge in [-0.05, 0) is 48.6 Å². The highest BCUT2D eigenvalue weighted by Crippen LogP contribution is 2.34. The number of hydrogen-bond donors (Lipinski definition) is 0. The van der Waals surface area contributed by atoms with Gasteiger partial charge in [-0.25, -0.2) is 16.8 Å². The molecule has 0 saturated carbocycles. The Morgan fingerprint density at radius 2 is 1.94 bits per heavy atom. The molecule has 184 valence electrons. The Labute approximate surface area is 201 Å². The van der Waals surface area contributed by atoms with Crippen LogP contribution in [0.2, 0.25) is 0 Å². The number of amides is 1. The van der Waals surface area contributed by atoms with E-state index < -0.39 is 31.8 Å². The number of methoxy groups -OCH3 is 1. The van der Waals surface area contributed by atoms with Crippen molar-refractivity contribution < 1.29 is 26.4 Å². The number of nitrogens with zero attached hydrogens (tertiary/aromatic N) is 2. The number of benzene rings is 2. The zero-order valence-electron chi connectivity index (χ0n) is 19.6. The van der Waals surface area contributed by atoms with E-state index in [1.807, 2.05) is 26.0 Å². The molecule has 1 fully saturated rings. The minimum absolute atomic E-state index is 0.00288. The Morgan fingerprint density at radius 1 is 1.21 bits per heavy atom. The van der Waals surface area contributed by atoms with Crippen LogP contribution in [-0.2, 0) is 26.3 Å². The Bertz CT molecular complexity index is 1300. The average molecular weight is 507 g/mol. The fourth-order valence-corrected chi connectivity index (χ4v) is 7.93. The summed E-state index contributed by atoms with van der Waals surface area (Å²) in [5, 5.41) is 0. The SMILES string of the molecule is COc1ccc(S(=O)(=O)N2CCc3ccccc32)cc1C(=O)N(CC(C)C)[C@H]1CCS(=O)(=O)C1. The molecule has 0 bridgehead atoms. The van der Waals surface area contributed by atoms with Crippen molar-refractivity contribution in [3.63, 3.8) is 0 Å². The second-order valence-electron chi connectivity index (χ2n) is 9.23. The molecule has 0 N–H and O–H groups in total. The largest absolute Gasteiger partial charge is 0.496 e. The zero-order valence-corrected chi connectivity index (χ0v) is 21.2. The molecule has 1 saturated heterocycles. The van der Waals surface area contributed by atoms with Gasteiger partial charge in [0.15, 0.2) is 9.84 Å². The van der Waals surface area contributed by atoms with Crippen molar-refractivity contribution in [2.75, 3.05) is 36.0 Å². The highest BCUT2D eigenvalue weighted by atomic mass is 32.2. The van der Waals surface area contributed by atoms with Crippen LogP contribution in [0.5, 0.6) is 5.75 Å². The van der Waals surface area contributed by atoms with E-state index in [-0.39, 0.29) is 33.6 Å². The first kappa shape index (κ1) is 24.5. The second-order valence-corrected chi connectivity index (χ2v) is 13.3. The first-order valence-corrected chi connectivity index (χ1v) is 14.6. The quantitative estimate of drug-likeness (QED) is 0.572. The van der Waals surface area contributed by atoms with Gasteiger partial charge in [-0.15, -0.1) is 0 Å². The summed E-state index contributed by atoms with van der Waals surface area (Å²) in [4.78, 5) is 15.3. The van der Waals surface area contributed by atoms with Crippen LogP contribution < -0.4 is 9.04 Å². The van der Waals surface area contributed by atoms with Crippen LogP contribution in [0.3, 0.4) is 0 Å². The van der Waals surface area contributed by atoms with Crippen LogP contribution in [0.25, 0.3) is 0 Å². The van der Waals surface area contributed by atoms with Crippen molar-refractivity contribution in [2.24, 2.45) is 5.92 Å². The third-order valence-electron chi connectivity index (χ3n) is 6.31. The van der Waals surface area contributed by atoms with Gasteiger partial charge in [-0.1, -0.05) is 32.0 Å². The molecule has 10 heteroatoms. The van der Waals surface area contributed by atoms with Crippen LogP contribution in [0.1, 0.15) is 36.2 Å². The highest BCUT2D eigenvalue weighted by molar-refractivity contribution is 7.93. The van der Waals surface area contributed by atoms with Crippen molar-refractivity contribution in [1.82, 2.24) is 4.90 Å². The first-order valence-electron chi connectivity index (χ1n) is 11.3. The lowest BCUT2D eigenvalue weighted by atomic mass is 10.1. The third kappa shape index (κ3) is 4.65. The number of fused-ring (bicyclic) bond motifs is 1. The van der Waals surface area contributed by atoms with Crippen LogP contribution in [0.15, 0.2) is 47.4 Å². The van der Waals surface area contributed by atoms with E-state index in [0.29, 0.717) is 31.6 Å². The average Bonchev–Trinajstić information content (AvgIpc) is 3.39. The predicted octanol–water partition coefficient (Wildman–Crippen LogP) is 2.73. The maximum Gasteiger partial charge on any atom is 0.264 e. The summed E-state index contributed by atoms with van der Waals surface area (Å²) in [5.74, 6) is -0.117. The molecule has 4 rings (SSSR count). The number of ether oxygens (including phenoxy) is 1. The topological polar surface area (TPSA) is 101 Å². The zero-order chi connectivity index (χ0) is 24.7. The lowest BCUT2D eigenvalue weighted by molar-refractivity contribution is 0.0668. The van der Waals surface area contributed by atoms with Gasteiger partial charge in [-0.2, -0.15) is 0 Å².